The molecule has 0 bridgehead atoms. The fourth-order valence-electron chi connectivity index (χ4n) is 7.70. The Balaban J connectivity index is 1.14. The van der Waals surface area contributed by atoms with Crippen LogP contribution in [0.25, 0.3) is 11.1 Å². The van der Waals surface area contributed by atoms with Crippen molar-refractivity contribution in [2.75, 3.05) is 18.1 Å². The number of hydrogen-bond acceptors (Lipinski definition) is 8. The Bertz CT molecular complexity index is 2210. The number of carbonyl (C=O) groups is 3. The number of ether oxygens (including phenoxy) is 3. The summed E-state index contributed by atoms with van der Waals surface area (Å²) in [6.07, 6.45) is -0.735. The lowest BCUT2D eigenvalue weighted by Gasteiger charge is -2.39. The molecular weight excluding hydrogens is 769 g/mol. The SMILES string of the molecule is CC(C)(C)OC(=O)[C@H](CSC[C@H](NC(c1ccccc1)(c1ccccc1)c1ccccc1)C(=O)OCc1ccccc1)NC(=O)OCC1c2ccccc2-c2ccccc21. The molecule has 7 rings (SSSR count). The van der Waals surface area contributed by atoms with Crippen LogP contribution >= 0.6 is 11.8 Å². The molecule has 0 radical (unpaired) electrons. The van der Waals surface area contributed by atoms with E-state index in [4.69, 9.17) is 14.2 Å². The summed E-state index contributed by atoms with van der Waals surface area (Å²) in [6.45, 7) is 5.51. The molecule has 2 N–H and O–H groups in total. The maximum Gasteiger partial charge on any atom is 0.407 e. The maximum atomic E-state index is 14.4. The summed E-state index contributed by atoms with van der Waals surface area (Å²) in [5.74, 6) is -0.930. The first-order chi connectivity index (χ1) is 29.1. The number of esters is 2. The Morgan fingerprint density at radius 2 is 1.02 bits per heavy atom. The first-order valence-corrected chi connectivity index (χ1v) is 21.3. The van der Waals surface area contributed by atoms with Gasteiger partial charge in [0.15, 0.2) is 0 Å². The Hall–Kier alpha value is -6.16. The van der Waals surface area contributed by atoms with Gasteiger partial charge in [-0.3, -0.25) is 10.1 Å². The van der Waals surface area contributed by atoms with Crippen molar-refractivity contribution in [1.82, 2.24) is 10.6 Å². The van der Waals surface area contributed by atoms with Crippen molar-refractivity contribution in [1.29, 1.82) is 0 Å². The minimum Gasteiger partial charge on any atom is -0.460 e. The molecule has 8 nitrogen and oxygen atoms in total. The van der Waals surface area contributed by atoms with E-state index >= 15 is 0 Å². The topological polar surface area (TPSA) is 103 Å². The summed E-state index contributed by atoms with van der Waals surface area (Å²) in [5, 5.41) is 6.57. The molecule has 0 aromatic heterocycles. The molecule has 0 unspecified atom stereocenters. The van der Waals surface area contributed by atoms with Gasteiger partial charge in [0.1, 0.15) is 30.9 Å². The van der Waals surface area contributed by atoms with Gasteiger partial charge in [-0.05, 0) is 65.3 Å². The number of benzene rings is 6. The summed E-state index contributed by atoms with van der Waals surface area (Å²) < 4.78 is 17.7. The van der Waals surface area contributed by atoms with Crippen molar-refractivity contribution >= 4 is 29.8 Å². The molecule has 0 aliphatic heterocycles. The van der Waals surface area contributed by atoms with Gasteiger partial charge in [0.25, 0.3) is 0 Å². The Morgan fingerprint density at radius 3 is 1.52 bits per heavy atom. The summed E-state index contributed by atoms with van der Waals surface area (Å²) in [4.78, 5) is 41.6. The van der Waals surface area contributed by atoms with Gasteiger partial charge in [-0.15, -0.1) is 0 Å². The summed E-state index contributed by atoms with van der Waals surface area (Å²) in [5.41, 5.74) is 6.25. The normalized spacial score (nSPS) is 13.3. The minimum atomic E-state index is -1.08. The predicted molar refractivity (Wildman–Crippen MR) is 238 cm³/mol. The zero-order valence-corrected chi connectivity index (χ0v) is 34.9. The van der Waals surface area contributed by atoms with Crippen LogP contribution in [0.3, 0.4) is 0 Å². The highest BCUT2D eigenvalue weighted by molar-refractivity contribution is 7.99. The average Bonchev–Trinajstić information content (AvgIpc) is 3.59. The molecule has 0 saturated heterocycles. The lowest BCUT2D eigenvalue weighted by Crippen LogP contribution is -2.54. The fraction of sp³-hybridized carbons (Fsp3) is 0.235. The van der Waals surface area contributed by atoms with E-state index in [1.165, 1.54) is 11.8 Å². The van der Waals surface area contributed by atoms with Crippen LogP contribution in [0.15, 0.2) is 170 Å². The second-order valence-corrected chi connectivity index (χ2v) is 16.8. The van der Waals surface area contributed by atoms with Gasteiger partial charge >= 0.3 is 18.0 Å². The van der Waals surface area contributed by atoms with E-state index in [9.17, 15) is 14.4 Å². The van der Waals surface area contributed by atoms with E-state index in [1.54, 1.807) is 20.8 Å². The van der Waals surface area contributed by atoms with Crippen molar-refractivity contribution < 1.29 is 28.6 Å². The number of carbonyl (C=O) groups excluding carboxylic acids is 3. The molecule has 9 heteroatoms. The standard InChI is InChI=1S/C51H50N2O6S/c1-50(2,3)59-48(55)45(52-49(56)58-33-44-42-30-18-16-28-40(42)41-29-17-19-31-43(41)44)34-60-35-46(47(54)57-32-36-20-8-4-9-21-36)53-51(37-22-10-5-11-23-37,38-24-12-6-13-25-38)39-26-14-7-15-27-39/h4-31,44-46,53H,32-35H2,1-3H3,(H,52,56)/t45-,46-/m0/s1. The third-order valence-electron chi connectivity index (χ3n) is 10.4. The number of rotatable bonds is 16. The van der Waals surface area contributed by atoms with Crippen LogP contribution < -0.4 is 10.6 Å². The van der Waals surface area contributed by atoms with E-state index in [1.807, 2.05) is 146 Å². The number of thioether (sulfide) groups is 1. The van der Waals surface area contributed by atoms with Crippen molar-refractivity contribution in [3.05, 3.63) is 203 Å². The van der Waals surface area contributed by atoms with Gasteiger partial charge in [0, 0.05) is 17.4 Å². The zero-order chi connectivity index (χ0) is 42.0. The Morgan fingerprint density at radius 1 is 0.567 bits per heavy atom. The second kappa shape index (κ2) is 19.3. The highest BCUT2D eigenvalue weighted by Gasteiger charge is 2.41. The molecule has 1 aliphatic rings. The maximum absolute atomic E-state index is 14.4. The van der Waals surface area contributed by atoms with Gasteiger partial charge in [-0.2, -0.15) is 11.8 Å². The number of fused-ring (bicyclic) bond motifs is 3. The van der Waals surface area contributed by atoms with Crippen LogP contribution in [0.4, 0.5) is 4.79 Å². The molecule has 6 aromatic carbocycles. The van der Waals surface area contributed by atoms with E-state index in [0.29, 0.717) is 0 Å². The Labute approximate surface area is 356 Å². The molecule has 0 spiro atoms. The van der Waals surface area contributed by atoms with Crippen molar-refractivity contribution in [2.45, 2.75) is 56.5 Å². The third-order valence-corrected chi connectivity index (χ3v) is 11.6. The van der Waals surface area contributed by atoms with Crippen molar-refractivity contribution in [2.24, 2.45) is 0 Å². The van der Waals surface area contributed by atoms with Crippen LogP contribution in [0, 0.1) is 0 Å². The first kappa shape index (κ1) is 42.0. The van der Waals surface area contributed by atoms with Crippen molar-refractivity contribution in [3.8, 4) is 11.1 Å². The van der Waals surface area contributed by atoms with Crippen LogP contribution in [-0.2, 0) is 35.9 Å². The minimum absolute atomic E-state index is 0.0847. The van der Waals surface area contributed by atoms with Crippen LogP contribution in [0.2, 0.25) is 0 Å². The molecule has 1 amide bonds. The number of nitrogens with one attached hydrogen (secondary N) is 2. The molecule has 1 aliphatic carbocycles. The van der Waals surface area contributed by atoms with Gasteiger partial charge < -0.3 is 19.5 Å². The Kier molecular flexibility index (Phi) is 13.5. The van der Waals surface area contributed by atoms with Gasteiger partial charge in [0.05, 0.1) is 5.54 Å². The van der Waals surface area contributed by atoms with Gasteiger partial charge in [0.2, 0.25) is 0 Å². The molecule has 0 heterocycles. The average molecular weight is 819 g/mol. The van der Waals surface area contributed by atoms with Gasteiger partial charge in [-0.25, -0.2) is 9.59 Å². The number of amides is 1. The number of alkyl carbamates (subject to hydrolysis) is 1. The third kappa shape index (κ3) is 9.99. The molecular formula is C51H50N2O6S. The summed E-state index contributed by atoms with van der Waals surface area (Å²) in [7, 11) is 0. The zero-order valence-electron chi connectivity index (χ0n) is 34.1. The van der Waals surface area contributed by atoms with Crippen LogP contribution in [0.5, 0.6) is 0 Å². The first-order valence-electron chi connectivity index (χ1n) is 20.2. The quantitative estimate of drug-likeness (QED) is 0.0566. The number of hydrogen-bond donors (Lipinski definition) is 2. The molecule has 2 atom stereocenters. The lowest BCUT2D eigenvalue weighted by atomic mass is 9.76. The molecule has 0 fully saturated rings. The summed E-state index contributed by atoms with van der Waals surface area (Å²) >= 11 is 1.33. The van der Waals surface area contributed by atoms with E-state index < -0.39 is 41.3 Å². The monoisotopic (exact) mass is 818 g/mol. The van der Waals surface area contributed by atoms with E-state index in [0.717, 1.165) is 44.5 Å². The second-order valence-electron chi connectivity index (χ2n) is 15.7. The van der Waals surface area contributed by atoms with Crippen molar-refractivity contribution in [3.63, 3.8) is 0 Å². The lowest BCUT2D eigenvalue weighted by molar-refractivity contribution is -0.156. The molecule has 306 valence electrons. The fourth-order valence-corrected chi connectivity index (χ4v) is 8.75. The predicted octanol–water partition coefficient (Wildman–Crippen LogP) is 9.66. The molecule has 6 aromatic rings. The van der Waals surface area contributed by atoms with Crippen LogP contribution in [-0.4, -0.2) is 53.8 Å². The van der Waals surface area contributed by atoms with Gasteiger partial charge in [-0.1, -0.05) is 170 Å². The van der Waals surface area contributed by atoms with E-state index in [2.05, 4.69) is 34.9 Å². The molecule has 0 saturated carbocycles. The highest BCUT2D eigenvalue weighted by Crippen LogP contribution is 2.44. The van der Waals surface area contributed by atoms with Crippen LogP contribution in [0.1, 0.15) is 60.1 Å². The smallest absolute Gasteiger partial charge is 0.407 e. The highest BCUT2D eigenvalue weighted by atomic mass is 32.2. The van der Waals surface area contributed by atoms with E-state index in [-0.39, 0.29) is 30.6 Å². The largest absolute Gasteiger partial charge is 0.460 e. The molecule has 60 heavy (non-hydrogen) atoms. The summed E-state index contributed by atoms with van der Waals surface area (Å²) in [6, 6.07) is 53.9.